The van der Waals surface area contributed by atoms with Crippen molar-refractivity contribution >= 4 is 6.09 Å². The lowest BCUT2D eigenvalue weighted by molar-refractivity contribution is 0.0270. The molecule has 100 valence electrons. The number of ether oxygens (including phenoxy) is 1. The maximum absolute atomic E-state index is 12.0. The monoisotopic (exact) mass is 250 g/mol. The lowest BCUT2D eigenvalue weighted by atomic mass is 10.2. The van der Waals surface area contributed by atoms with Crippen LogP contribution in [0.1, 0.15) is 42.7 Å². The Labute approximate surface area is 112 Å². The van der Waals surface area contributed by atoms with E-state index < -0.39 is 43.6 Å². The molecule has 0 saturated carbocycles. The van der Waals surface area contributed by atoms with Crippen molar-refractivity contribution in [1.29, 1.82) is 0 Å². The molecule has 0 radical (unpaired) electrons. The van der Waals surface area contributed by atoms with Crippen LogP contribution in [0.15, 0.2) is 0 Å². The highest BCUT2D eigenvalue weighted by Gasteiger charge is 2.36. The number of nitrogens with one attached hydrogen (secondary N) is 1. The molecule has 5 nitrogen and oxygen atoms in total. The van der Waals surface area contributed by atoms with Crippen LogP contribution in [0.5, 0.6) is 0 Å². The Hall–Kier alpha value is -0.810. The largest absolute Gasteiger partial charge is 0.444 e. The maximum Gasteiger partial charge on any atom is 0.410 e. The first-order chi connectivity index (χ1) is 10.1. The van der Waals surface area contributed by atoms with Crippen LogP contribution in [0.4, 0.5) is 4.79 Å². The molecule has 1 fully saturated rings. The normalized spacial score (nSPS) is 32.2. The summed E-state index contributed by atoms with van der Waals surface area (Å²) < 4.78 is 49.3. The van der Waals surface area contributed by atoms with Crippen molar-refractivity contribution < 1.29 is 22.9 Å². The molecule has 1 aliphatic rings. The second kappa shape index (κ2) is 5.23. The number of carbonyl (C=O) groups excluding carboxylic acids is 1. The number of nitrogens with zero attached hydrogens (tertiary/aromatic N) is 1. The Kier molecular flexibility index (Phi) is 2.33. The SMILES string of the molecule is [2H]C([2H])([2H])C(N[C@@H]1CN(C(=O)OC(C)(C)C)C[C@H]1O)C([2H])([2H])[2H]. The molecule has 1 aliphatic heterocycles. The zero-order valence-corrected chi connectivity index (χ0v) is 10.4. The molecule has 0 aromatic rings. The molecule has 1 saturated heterocycles. The van der Waals surface area contributed by atoms with Gasteiger partial charge in [-0.05, 0) is 20.8 Å². The molecule has 5 heteroatoms. The zero-order chi connectivity index (χ0) is 18.2. The van der Waals surface area contributed by atoms with Gasteiger partial charge in [-0.2, -0.15) is 0 Å². The van der Waals surface area contributed by atoms with E-state index >= 15 is 0 Å². The number of β-amino-alcohol motifs (C(OH)–C–C–N with tert-alkyl or cyclic N) is 1. The van der Waals surface area contributed by atoms with E-state index in [0.717, 1.165) is 0 Å². The fraction of sp³-hybridized carbons (Fsp3) is 0.917. The van der Waals surface area contributed by atoms with Gasteiger partial charge in [0.25, 0.3) is 0 Å². The van der Waals surface area contributed by atoms with Crippen molar-refractivity contribution in [2.45, 2.75) is 58.3 Å². The van der Waals surface area contributed by atoms with Crippen LogP contribution in [0.25, 0.3) is 0 Å². The Balaban J connectivity index is 2.77. The summed E-state index contributed by atoms with van der Waals surface area (Å²) in [5.41, 5.74) is -0.701. The summed E-state index contributed by atoms with van der Waals surface area (Å²) in [6, 6.07) is -2.64. The van der Waals surface area contributed by atoms with Crippen LogP contribution in [0, 0.1) is 0 Å². The lowest BCUT2D eigenvalue weighted by Crippen LogP contribution is -2.43. The van der Waals surface area contributed by atoms with Gasteiger partial charge in [0.2, 0.25) is 0 Å². The quantitative estimate of drug-likeness (QED) is 0.766. The zero-order valence-electron chi connectivity index (χ0n) is 16.4. The number of carbonyl (C=O) groups is 1. The van der Waals surface area contributed by atoms with Crippen molar-refractivity contribution in [1.82, 2.24) is 10.2 Å². The predicted molar refractivity (Wildman–Crippen MR) is 65.9 cm³/mol. The molecule has 0 spiro atoms. The van der Waals surface area contributed by atoms with Crippen LogP contribution in [0.3, 0.4) is 0 Å². The standard InChI is InChI=1S/C12H24N2O3/c1-8(2)13-9-6-14(7-10(9)15)11(16)17-12(3,4)5/h8-10,13,15H,6-7H2,1-5H3/t9-,10-/m1/s1/i1D3,2D3. The Morgan fingerprint density at radius 2 is 2.18 bits per heavy atom. The second-order valence-corrected chi connectivity index (χ2v) is 5.16. The van der Waals surface area contributed by atoms with Gasteiger partial charge in [0, 0.05) is 20.8 Å². The number of aliphatic hydroxyl groups is 1. The second-order valence-electron chi connectivity index (χ2n) is 5.16. The maximum atomic E-state index is 12.0. The Morgan fingerprint density at radius 1 is 1.53 bits per heavy atom. The molecule has 17 heavy (non-hydrogen) atoms. The van der Waals surface area contributed by atoms with E-state index in [1.807, 2.05) is 0 Å². The van der Waals surface area contributed by atoms with Crippen molar-refractivity contribution in [2.75, 3.05) is 13.1 Å². The molecule has 0 aromatic carbocycles. The van der Waals surface area contributed by atoms with Crippen molar-refractivity contribution in [3.63, 3.8) is 0 Å². The molecule has 0 aliphatic carbocycles. The summed E-state index contributed by atoms with van der Waals surface area (Å²) in [7, 11) is 0. The highest BCUT2D eigenvalue weighted by atomic mass is 16.6. The minimum absolute atomic E-state index is 0.0290. The highest BCUT2D eigenvalue weighted by Crippen LogP contribution is 2.16. The fourth-order valence-corrected chi connectivity index (χ4v) is 1.64. The van der Waals surface area contributed by atoms with Gasteiger partial charge in [0.15, 0.2) is 0 Å². The molecule has 1 rings (SSSR count). The summed E-state index contributed by atoms with van der Waals surface area (Å²) in [4.78, 5) is 13.2. The summed E-state index contributed by atoms with van der Waals surface area (Å²) >= 11 is 0. The van der Waals surface area contributed by atoms with Gasteiger partial charge >= 0.3 is 6.09 Å². The van der Waals surface area contributed by atoms with Crippen LogP contribution >= 0.6 is 0 Å². The number of likely N-dealkylation sites (tertiary alicyclic amines) is 1. The minimum Gasteiger partial charge on any atom is -0.444 e. The van der Waals surface area contributed by atoms with Crippen molar-refractivity contribution in [3.05, 3.63) is 0 Å². The lowest BCUT2D eigenvalue weighted by Gasteiger charge is -2.24. The smallest absolute Gasteiger partial charge is 0.410 e. The summed E-state index contributed by atoms with van der Waals surface area (Å²) in [5.74, 6) is 0. The molecule has 0 bridgehead atoms. The first-order valence-corrected chi connectivity index (χ1v) is 5.53. The fourth-order valence-electron chi connectivity index (χ4n) is 1.64. The molecular formula is C12H24N2O3. The van der Waals surface area contributed by atoms with Gasteiger partial charge in [-0.15, -0.1) is 0 Å². The first kappa shape index (κ1) is 7.59. The van der Waals surface area contributed by atoms with Gasteiger partial charge in [-0.3, -0.25) is 0 Å². The van der Waals surface area contributed by atoms with Gasteiger partial charge in [0.05, 0.1) is 18.7 Å². The molecule has 1 heterocycles. The van der Waals surface area contributed by atoms with Crippen LogP contribution < -0.4 is 5.32 Å². The van der Waals surface area contributed by atoms with Crippen LogP contribution in [0.2, 0.25) is 0 Å². The van der Waals surface area contributed by atoms with Gasteiger partial charge in [0.1, 0.15) is 5.60 Å². The van der Waals surface area contributed by atoms with E-state index in [1.54, 1.807) is 20.8 Å². The Bertz CT molecular complexity index is 418. The number of rotatable bonds is 2. The average molecular weight is 250 g/mol. The third kappa shape index (κ3) is 4.52. The highest BCUT2D eigenvalue weighted by molar-refractivity contribution is 5.68. The number of hydrogen-bond donors (Lipinski definition) is 2. The number of aliphatic hydroxyl groups excluding tert-OH is 1. The minimum atomic E-state index is -2.76. The van der Waals surface area contributed by atoms with E-state index in [4.69, 9.17) is 13.0 Å². The molecule has 0 unspecified atom stereocenters. The topological polar surface area (TPSA) is 61.8 Å². The number of hydrogen-bond acceptors (Lipinski definition) is 4. The summed E-state index contributed by atoms with van der Waals surface area (Å²) in [5, 5.41) is 12.5. The predicted octanol–water partition coefficient (Wildman–Crippen LogP) is 0.965. The molecule has 2 N–H and O–H groups in total. The van der Waals surface area contributed by atoms with E-state index in [9.17, 15) is 9.90 Å². The first-order valence-electron chi connectivity index (χ1n) is 8.53. The third-order valence-electron chi connectivity index (χ3n) is 2.32. The average Bonchev–Trinajstić information content (AvgIpc) is 2.62. The molecule has 2 atom stereocenters. The van der Waals surface area contributed by atoms with Crippen molar-refractivity contribution in [2.24, 2.45) is 0 Å². The van der Waals surface area contributed by atoms with E-state index in [2.05, 4.69) is 5.32 Å². The Morgan fingerprint density at radius 3 is 2.71 bits per heavy atom. The van der Waals surface area contributed by atoms with Gasteiger partial charge in [-0.1, -0.05) is 13.7 Å². The summed E-state index contributed by atoms with van der Waals surface area (Å²) in [6.07, 6.45) is -1.71. The van der Waals surface area contributed by atoms with E-state index in [-0.39, 0.29) is 13.1 Å². The van der Waals surface area contributed by atoms with E-state index in [1.165, 1.54) is 4.90 Å². The van der Waals surface area contributed by atoms with Crippen LogP contribution in [-0.4, -0.2) is 53.0 Å². The molecular weight excluding hydrogens is 220 g/mol. The van der Waals surface area contributed by atoms with Gasteiger partial charge < -0.3 is 20.1 Å². The number of amides is 1. The van der Waals surface area contributed by atoms with E-state index in [0.29, 0.717) is 0 Å². The summed E-state index contributed by atoms with van der Waals surface area (Å²) in [6.45, 7) is -0.500. The van der Waals surface area contributed by atoms with Crippen LogP contribution in [-0.2, 0) is 4.74 Å². The van der Waals surface area contributed by atoms with Gasteiger partial charge in [-0.25, -0.2) is 4.79 Å². The van der Waals surface area contributed by atoms with Crippen molar-refractivity contribution in [3.8, 4) is 0 Å². The molecule has 0 aromatic heterocycles. The molecule has 1 amide bonds. The third-order valence-corrected chi connectivity index (χ3v) is 2.32.